The van der Waals surface area contributed by atoms with E-state index in [4.69, 9.17) is 0 Å². The molecular weight excluding hydrogens is 246 g/mol. The molecule has 1 N–H and O–H groups in total. The molecule has 1 aromatic heterocycles. The van der Waals surface area contributed by atoms with E-state index < -0.39 is 0 Å². The zero-order valence-electron chi connectivity index (χ0n) is 12.5. The van der Waals surface area contributed by atoms with E-state index in [-0.39, 0.29) is 0 Å². The van der Waals surface area contributed by atoms with Crippen LogP contribution in [0.15, 0.2) is 48.8 Å². The van der Waals surface area contributed by atoms with Crippen LogP contribution in [0, 0.1) is 0 Å². The van der Waals surface area contributed by atoms with Crippen LogP contribution in [-0.2, 0) is 6.54 Å². The second kappa shape index (κ2) is 7.06. The monoisotopic (exact) mass is 269 g/mol. The Kier molecular flexibility index (Phi) is 5.13. The smallest absolute Gasteiger partial charge is 0.0441 e. The van der Waals surface area contributed by atoms with Gasteiger partial charge < -0.3 is 10.2 Å². The van der Waals surface area contributed by atoms with Crippen LogP contribution in [0.4, 0.5) is 5.69 Å². The fourth-order valence-corrected chi connectivity index (χ4v) is 2.42. The Labute approximate surface area is 121 Å². The van der Waals surface area contributed by atoms with Gasteiger partial charge in [-0.3, -0.25) is 4.98 Å². The number of aromatic nitrogens is 1. The maximum absolute atomic E-state index is 4.16. The summed E-state index contributed by atoms with van der Waals surface area (Å²) in [6.45, 7) is 3.07. The molecule has 2 rings (SSSR count). The van der Waals surface area contributed by atoms with E-state index in [0.717, 1.165) is 13.0 Å². The molecule has 0 bridgehead atoms. The van der Waals surface area contributed by atoms with Crippen LogP contribution in [0.3, 0.4) is 0 Å². The second-order valence-electron chi connectivity index (χ2n) is 5.06. The first-order valence-corrected chi connectivity index (χ1v) is 7.12. The van der Waals surface area contributed by atoms with Crippen LogP contribution in [0.25, 0.3) is 0 Å². The van der Waals surface area contributed by atoms with E-state index in [9.17, 15) is 0 Å². The first kappa shape index (κ1) is 14.5. The molecule has 0 radical (unpaired) electrons. The standard InChI is InChI=1S/C17H23N3/c1-4-17(18-2)15-7-9-16(10-8-15)20(3)13-14-6-5-11-19-12-14/h5-12,17-18H,4,13H2,1-3H3. The summed E-state index contributed by atoms with van der Waals surface area (Å²) in [4.78, 5) is 6.39. The Hall–Kier alpha value is -1.87. The number of hydrogen-bond acceptors (Lipinski definition) is 3. The minimum Gasteiger partial charge on any atom is -0.370 e. The highest BCUT2D eigenvalue weighted by Gasteiger charge is 2.07. The van der Waals surface area contributed by atoms with Crippen molar-refractivity contribution in [2.75, 3.05) is 19.0 Å². The Balaban J connectivity index is 2.06. The molecular formula is C17H23N3. The van der Waals surface area contributed by atoms with Gasteiger partial charge >= 0.3 is 0 Å². The van der Waals surface area contributed by atoms with E-state index in [1.54, 1.807) is 6.20 Å². The molecule has 3 heteroatoms. The molecule has 1 atom stereocenters. The predicted molar refractivity (Wildman–Crippen MR) is 84.9 cm³/mol. The molecule has 0 aliphatic carbocycles. The molecule has 0 saturated heterocycles. The summed E-state index contributed by atoms with van der Waals surface area (Å²) in [5.74, 6) is 0. The zero-order valence-corrected chi connectivity index (χ0v) is 12.5. The van der Waals surface area contributed by atoms with Crippen LogP contribution >= 0.6 is 0 Å². The maximum Gasteiger partial charge on any atom is 0.0441 e. The minimum atomic E-state index is 0.438. The van der Waals surface area contributed by atoms with Crippen molar-refractivity contribution in [1.82, 2.24) is 10.3 Å². The van der Waals surface area contributed by atoms with Gasteiger partial charge in [0.05, 0.1) is 0 Å². The molecule has 3 nitrogen and oxygen atoms in total. The van der Waals surface area contributed by atoms with Crippen molar-refractivity contribution in [1.29, 1.82) is 0 Å². The van der Waals surface area contributed by atoms with Crippen molar-refractivity contribution < 1.29 is 0 Å². The van der Waals surface area contributed by atoms with Gasteiger partial charge in [-0.15, -0.1) is 0 Å². The van der Waals surface area contributed by atoms with Crippen LogP contribution in [0.2, 0.25) is 0 Å². The van der Waals surface area contributed by atoms with Crippen LogP contribution in [0.5, 0.6) is 0 Å². The highest BCUT2D eigenvalue weighted by Crippen LogP contribution is 2.21. The fourth-order valence-electron chi connectivity index (χ4n) is 2.42. The lowest BCUT2D eigenvalue weighted by molar-refractivity contribution is 0.577. The van der Waals surface area contributed by atoms with Gasteiger partial charge in [0.2, 0.25) is 0 Å². The average Bonchev–Trinajstić information content (AvgIpc) is 2.50. The average molecular weight is 269 g/mol. The van der Waals surface area contributed by atoms with Gasteiger partial charge in [-0.05, 0) is 42.8 Å². The summed E-state index contributed by atoms with van der Waals surface area (Å²) in [6.07, 6.45) is 4.82. The summed E-state index contributed by atoms with van der Waals surface area (Å²) in [7, 11) is 4.12. The molecule has 1 heterocycles. The van der Waals surface area contributed by atoms with Gasteiger partial charge in [-0.1, -0.05) is 25.1 Å². The van der Waals surface area contributed by atoms with Crippen molar-refractivity contribution in [3.05, 3.63) is 59.9 Å². The first-order chi connectivity index (χ1) is 9.74. The number of hydrogen-bond donors (Lipinski definition) is 1. The third kappa shape index (κ3) is 3.58. The molecule has 1 aromatic carbocycles. The zero-order chi connectivity index (χ0) is 14.4. The summed E-state index contributed by atoms with van der Waals surface area (Å²) in [5.41, 5.74) is 3.79. The lowest BCUT2D eigenvalue weighted by Crippen LogP contribution is -2.17. The molecule has 0 aliphatic rings. The number of benzene rings is 1. The van der Waals surface area contributed by atoms with E-state index in [1.807, 2.05) is 19.3 Å². The van der Waals surface area contributed by atoms with Gasteiger partial charge in [0, 0.05) is 37.7 Å². The van der Waals surface area contributed by atoms with Crippen LogP contribution in [-0.4, -0.2) is 19.1 Å². The minimum absolute atomic E-state index is 0.438. The molecule has 0 amide bonds. The van der Waals surface area contributed by atoms with Crippen molar-refractivity contribution in [2.24, 2.45) is 0 Å². The quantitative estimate of drug-likeness (QED) is 0.871. The van der Waals surface area contributed by atoms with Gasteiger partial charge in [-0.2, -0.15) is 0 Å². The molecule has 0 fully saturated rings. The van der Waals surface area contributed by atoms with Crippen LogP contribution in [0.1, 0.15) is 30.5 Å². The van der Waals surface area contributed by atoms with Crippen molar-refractivity contribution in [3.8, 4) is 0 Å². The molecule has 1 unspecified atom stereocenters. The van der Waals surface area contributed by atoms with Crippen molar-refractivity contribution >= 4 is 5.69 Å². The number of rotatable bonds is 6. The summed E-state index contributed by atoms with van der Waals surface area (Å²) < 4.78 is 0. The normalized spacial score (nSPS) is 12.2. The summed E-state index contributed by atoms with van der Waals surface area (Å²) >= 11 is 0. The highest BCUT2D eigenvalue weighted by molar-refractivity contribution is 5.47. The van der Waals surface area contributed by atoms with Gasteiger partial charge in [0.15, 0.2) is 0 Å². The fraction of sp³-hybridized carbons (Fsp3) is 0.353. The number of pyridine rings is 1. The summed E-state index contributed by atoms with van der Waals surface area (Å²) in [5, 5.41) is 3.33. The van der Waals surface area contributed by atoms with Crippen molar-refractivity contribution in [2.45, 2.75) is 25.9 Å². The maximum atomic E-state index is 4.16. The topological polar surface area (TPSA) is 28.2 Å². The van der Waals surface area contributed by atoms with Crippen LogP contribution < -0.4 is 10.2 Å². The molecule has 0 saturated carbocycles. The van der Waals surface area contributed by atoms with Gasteiger partial charge in [0.1, 0.15) is 0 Å². The number of anilines is 1. The third-order valence-corrected chi connectivity index (χ3v) is 3.64. The van der Waals surface area contributed by atoms with E-state index in [0.29, 0.717) is 6.04 Å². The lowest BCUT2D eigenvalue weighted by atomic mass is 10.0. The second-order valence-corrected chi connectivity index (χ2v) is 5.06. The van der Waals surface area contributed by atoms with Gasteiger partial charge in [-0.25, -0.2) is 0 Å². The molecule has 0 aliphatic heterocycles. The molecule has 20 heavy (non-hydrogen) atoms. The first-order valence-electron chi connectivity index (χ1n) is 7.12. The Morgan fingerprint density at radius 2 is 1.95 bits per heavy atom. The largest absolute Gasteiger partial charge is 0.370 e. The Morgan fingerprint density at radius 1 is 1.20 bits per heavy atom. The molecule has 0 spiro atoms. The van der Waals surface area contributed by atoms with Crippen molar-refractivity contribution in [3.63, 3.8) is 0 Å². The molecule has 2 aromatic rings. The third-order valence-electron chi connectivity index (χ3n) is 3.64. The Bertz CT molecular complexity index is 504. The van der Waals surface area contributed by atoms with E-state index >= 15 is 0 Å². The highest BCUT2D eigenvalue weighted by atomic mass is 15.1. The predicted octanol–water partition coefficient (Wildman–Crippen LogP) is 3.39. The number of nitrogens with one attached hydrogen (secondary N) is 1. The van der Waals surface area contributed by atoms with E-state index in [2.05, 4.69) is 59.5 Å². The lowest BCUT2D eigenvalue weighted by Gasteiger charge is -2.21. The van der Waals surface area contributed by atoms with Gasteiger partial charge in [0.25, 0.3) is 0 Å². The Morgan fingerprint density at radius 3 is 2.50 bits per heavy atom. The number of nitrogens with zero attached hydrogens (tertiary/aromatic N) is 2. The summed E-state index contributed by atoms with van der Waals surface area (Å²) in [6, 6.07) is 13.3. The van der Waals surface area contributed by atoms with E-state index in [1.165, 1.54) is 16.8 Å². The SMILES string of the molecule is CCC(NC)c1ccc(N(C)Cc2cccnc2)cc1. The molecule has 106 valence electrons.